The maximum absolute atomic E-state index is 13.6. The lowest BCUT2D eigenvalue weighted by Crippen LogP contribution is -2.52. The first-order valence-electron chi connectivity index (χ1n) is 10.9. The Morgan fingerprint density at radius 2 is 1.79 bits per heavy atom. The third-order valence-electron chi connectivity index (χ3n) is 5.63. The molecule has 0 aliphatic carbocycles. The van der Waals surface area contributed by atoms with E-state index in [1.807, 2.05) is 38.1 Å². The molecule has 2 aromatic rings. The maximum atomic E-state index is 13.6. The summed E-state index contributed by atoms with van der Waals surface area (Å²) in [6.45, 7) is 5.17. The fourth-order valence-electron chi connectivity index (χ4n) is 3.76. The summed E-state index contributed by atoms with van der Waals surface area (Å²) in [5.41, 5.74) is 1.39. The van der Waals surface area contributed by atoms with Gasteiger partial charge in [-0.25, -0.2) is 8.78 Å². The van der Waals surface area contributed by atoms with Crippen molar-refractivity contribution in [3.63, 3.8) is 0 Å². The van der Waals surface area contributed by atoms with E-state index in [-0.39, 0.29) is 25.3 Å². The van der Waals surface area contributed by atoms with Crippen molar-refractivity contribution in [1.29, 1.82) is 0 Å². The highest BCUT2D eigenvalue weighted by atomic mass is 19.1. The summed E-state index contributed by atoms with van der Waals surface area (Å²) in [4.78, 5) is 23.8. The number of carbonyl (C=O) groups excluding carboxylic acids is 2. The third kappa shape index (κ3) is 7.91. The number of ether oxygens (including phenoxy) is 1. The minimum absolute atomic E-state index is 0.00654. The van der Waals surface area contributed by atoms with Gasteiger partial charge in [0.25, 0.3) is 0 Å². The van der Waals surface area contributed by atoms with Crippen LogP contribution in [0.15, 0.2) is 42.5 Å². The molecular formula is C25H32F2N2O4. The molecule has 2 aromatic carbocycles. The number of halogens is 2. The van der Waals surface area contributed by atoms with Crippen LogP contribution in [0.5, 0.6) is 0 Å². The number of rotatable bonds is 11. The highest BCUT2D eigenvalue weighted by Crippen LogP contribution is 2.26. The van der Waals surface area contributed by atoms with Gasteiger partial charge in [-0.1, -0.05) is 31.2 Å². The summed E-state index contributed by atoms with van der Waals surface area (Å²) in [5, 5.41) is 16.8. The number of hydrogen-bond acceptors (Lipinski definition) is 5. The van der Waals surface area contributed by atoms with Crippen LogP contribution in [-0.4, -0.2) is 42.8 Å². The van der Waals surface area contributed by atoms with Gasteiger partial charge in [0.2, 0.25) is 5.91 Å². The fraction of sp³-hybridized carbons (Fsp3) is 0.440. The third-order valence-corrected chi connectivity index (χ3v) is 5.63. The van der Waals surface area contributed by atoms with Crippen LogP contribution in [0.4, 0.5) is 8.78 Å². The van der Waals surface area contributed by atoms with E-state index in [4.69, 9.17) is 4.74 Å². The molecule has 180 valence electrons. The van der Waals surface area contributed by atoms with Gasteiger partial charge < -0.3 is 20.5 Å². The van der Waals surface area contributed by atoms with Crippen LogP contribution in [0.3, 0.4) is 0 Å². The Labute approximate surface area is 193 Å². The maximum Gasteiger partial charge on any atom is 0.307 e. The molecule has 2 rings (SSSR count). The van der Waals surface area contributed by atoms with Gasteiger partial charge in [-0.15, -0.1) is 0 Å². The number of hydrogen-bond donors (Lipinski definition) is 3. The van der Waals surface area contributed by atoms with Gasteiger partial charge in [0.15, 0.2) is 0 Å². The summed E-state index contributed by atoms with van der Waals surface area (Å²) >= 11 is 0. The number of nitrogens with one attached hydrogen (secondary N) is 2. The zero-order valence-electron chi connectivity index (χ0n) is 19.5. The van der Waals surface area contributed by atoms with Crippen molar-refractivity contribution in [2.45, 2.75) is 57.7 Å². The standard InChI is InChI=1S/C25H32F2N2O4/c1-5-17-7-6-8-19(9-17)25(3,14-24(32)33-4)28-15-23(31)22(29-16(2)30)12-18-10-20(26)13-21(27)11-18/h6-11,13,22-23,28,31H,5,12,14-15H2,1-4H3,(H,29,30)/t22-,23+,25-/m0/s1. The lowest BCUT2D eigenvalue weighted by Gasteiger charge is -2.34. The molecule has 0 spiro atoms. The molecule has 3 N–H and O–H groups in total. The van der Waals surface area contributed by atoms with Gasteiger partial charge in [0.1, 0.15) is 11.6 Å². The zero-order chi connectivity index (χ0) is 24.6. The first-order chi connectivity index (χ1) is 15.6. The molecule has 0 heterocycles. The monoisotopic (exact) mass is 462 g/mol. The lowest BCUT2D eigenvalue weighted by molar-refractivity contribution is -0.142. The average Bonchev–Trinajstić information content (AvgIpc) is 2.76. The van der Waals surface area contributed by atoms with Crippen molar-refractivity contribution >= 4 is 11.9 Å². The molecule has 0 fully saturated rings. The molecule has 0 aromatic heterocycles. The first-order valence-corrected chi connectivity index (χ1v) is 10.9. The molecule has 0 saturated carbocycles. The van der Waals surface area contributed by atoms with Gasteiger partial charge >= 0.3 is 5.97 Å². The Balaban J connectivity index is 2.24. The molecule has 3 atom stereocenters. The van der Waals surface area contributed by atoms with Gasteiger partial charge in [-0.3, -0.25) is 9.59 Å². The van der Waals surface area contributed by atoms with E-state index >= 15 is 0 Å². The minimum Gasteiger partial charge on any atom is -0.469 e. The number of aliphatic hydroxyl groups is 1. The quantitative estimate of drug-likeness (QED) is 0.447. The fourth-order valence-corrected chi connectivity index (χ4v) is 3.76. The number of aryl methyl sites for hydroxylation is 1. The predicted octanol–water partition coefficient (Wildman–Crippen LogP) is 3.00. The Bertz CT molecular complexity index is 949. The van der Waals surface area contributed by atoms with Crippen molar-refractivity contribution in [2.24, 2.45) is 0 Å². The predicted molar refractivity (Wildman–Crippen MR) is 121 cm³/mol. The number of aliphatic hydroxyl groups excluding tert-OH is 1. The molecule has 0 bridgehead atoms. The van der Waals surface area contributed by atoms with Gasteiger partial charge in [0.05, 0.1) is 31.2 Å². The summed E-state index contributed by atoms with van der Waals surface area (Å²) < 4.78 is 32.1. The highest BCUT2D eigenvalue weighted by Gasteiger charge is 2.32. The lowest BCUT2D eigenvalue weighted by atomic mass is 9.86. The highest BCUT2D eigenvalue weighted by molar-refractivity contribution is 5.73. The van der Waals surface area contributed by atoms with Crippen LogP contribution in [0.2, 0.25) is 0 Å². The second-order valence-corrected chi connectivity index (χ2v) is 8.38. The number of esters is 1. The number of methoxy groups -OCH3 is 1. The Morgan fingerprint density at radius 3 is 2.36 bits per heavy atom. The molecule has 0 aliphatic heterocycles. The molecule has 0 radical (unpaired) electrons. The molecule has 6 nitrogen and oxygen atoms in total. The minimum atomic E-state index is -1.11. The normalized spacial score (nSPS) is 14.8. The largest absolute Gasteiger partial charge is 0.469 e. The summed E-state index contributed by atoms with van der Waals surface area (Å²) in [6, 6.07) is 10.1. The molecule has 0 aliphatic rings. The van der Waals surface area contributed by atoms with E-state index in [9.17, 15) is 23.5 Å². The number of benzene rings is 2. The van der Waals surface area contributed by atoms with Crippen LogP contribution in [-0.2, 0) is 32.7 Å². The van der Waals surface area contributed by atoms with Gasteiger partial charge in [-0.2, -0.15) is 0 Å². The summed E-state index contributed by atoms with van der Waals surface area (Å²) in [6.07, 6.45) is -0.245. The van der Waals surface area contributed by atoms with Gasteiger partial charge in [-0.05, 0) is 48.6 Å². The van der Waals surface area contributed by atoms with E-state index in [0.717, 1.165) is 35.7 Å². The topological polar surface area (TPSA) is 87.7 Å². The second kappa shape index (κ2) is 11.9. The number of amides is 1. The van der Waals surface area contributed by atoms with Crippen molar-refractivity contribution < 1.29 is 28.2 Å². The second-order valence-electron chi connectivity index (χ2n) is 8.38. The smallest absolute Gasteiger partial charge is 0.307 e. The SMILES string of the molecule is CCc1cccc([C@](C)(CC(=O)OC)NC[C@@H](O)[C@H](Cc2cc(F)cc(F)c2)NC(C)=O)c1. The summed E-state index contributed by atoms with van der Waals surface area (Å²) in [5.74, 6) is -2.28. The first kappa shape index (κ1) is 26.4. The van der Waals surface area contributed by atoms with E-state index in [0.29, 0.717) is 5.56 Å². The molecule has 1 amide bonds. The summed E-state index contributed by atoms with van der Waals surface area (Å²) in [7, 11) is 1.31. The molecule has 33 heavy (non-hydrogen) atoms. The Kier molecular flexibility index (Phi) is 9.49. The van der Waals surface area contributed by atoms with Crippen LogP contribution < -0.4 is 10.6 Å². The van der Waals surface area contributed by atoms with Crippen LogP contribution >= 0.6 is 0 Å². The Hall–Kier alpha value is -2.84. The van der Waals surface area contributed by atoms with E-state index < -0.39 is 35.3 Å². The van der Waals surface area contributed by atoms with Crippen molar-refractivity contribution in [1.82, 2.24) is 10.6 Å². The van der Waals surface area contributed by atoms with Crippen LogP contribution in [0.1, 0.15) is 43.9 Å². The molecule has 0 saturated heterocycles. The van der Waals surface area contributed by atoms with E-state index in [2.05, 4.69) is 10.6 Å². The average molecular weight is 463 g/mol. The van der Waals surface area contributed by atoms with Crippen molar-refractivity contribution in [3.05, 3.63) is 70.8 Å². The van der Waals surface area contributed by atoms with E-state index in [1.165, 1.54) is 14.0 Å². The number of carbonyl (C=O) groups is 2. The molecular weight excluding hydrogens is 430 g/mol. The van der Waals surface area contributed by atoms with Crippen LogP contribution in [0, 0.1) is 11.6 Å². The van der Waals surface area contributed by atoms with Crippen molar-refractivity contribution in [3.8, 4) is 0 Å². The van der Waals surface area contributed by atoms with Gasteiger partial charge in [0, 0.05) is 19.5 Å². The molecule has 8 heteroatoms. The molecule has 0 unspecified atom stereocenters. The van der Waals surface area contributed by atoms with E-state index in [1.54, 1.807) is 0 Å². The van der Waals surface area contributed by atoms with Crippen molar-refractivity contribution in [2.75, 3.05) is 13.7 Å². The Morgan fingerprint density at radius 1 is 1.12 bits per heavy atom. The zero-order valence-corrected chi connectivity index (χ0v) is 19.5. The van der Waals surface area contributed by atoms with Crippen LogP contribution in [0.25, 0.3) is 0 Å².